The van der Waals surface area contributed by atoms with Crippen molar-refractivity contribution >= 4 is 17.5 Å². The van der Waals surface area contributed by atoms with E-state index in [0.717, 1.165) is 49.2 Å². The number of amides is 1. The molecule has 4 fully saturated rings. The van der Waals surface area contributed by atoms with E-state index >= 15 is 0 Å². The number of carbonyl (C=O) groups is 1. The first-order chi connectivity index (χ1) is 15.2. The molecule has 0 aliphatic heterocycles. The summed E-state index contributed by atoms with van der Waals surface area (Å²) in [6.45, 7) is 8.17. The Bertz CT molecular complexity index is 781. The van der Waals surface area contributed by atoms with Crippen LogP contribution in [0.15, 0.2) is 18.2 Å². The van der Waals surface area contributed by atoms with Gasteiger partial charge in [0.05, 0.1) is 17.2 Å². The molecule has 4 bridgehead atoms. The molecule has 4 aliphatic rings. The van der Waals surface area contributed by atoms with Gasteiger partial charge in [-0.2, -0.15) is 0 Å². The average molecular weight is 461 g/mol. The second kappa shape index (κ2) is 9.64. The summed E-state index contributed by atoms with van der Waals surface area (Å²) < 4.78 is 0. The molecule has 1 unspecified atom stereocenters. The van der Waals surface area contributed by atoms with Crippen LogP contribution in [0.4, 0.5) is 0 Å². The molecule has 1 amide bonds. The molecule has 178 valence electrons. The van der Waals surface area contributed by atoms with Gasteiger partial charge in [0.1, 0.15) is 0 Å². The van der Waals surface area contributed by atoms with Crippen LogP contribution < -0.4 is 10.6 Å². The van der Waals surface area contributed by atoms with E-state index in [1.54, 1.807) is 0 Å². The van der Waals surface area contributed by atoms with Crippen LogP contribution in [-0.2, 0) is 6.42 Å². The van der Waals surface area contributed by atoms with Gasteiger partial charge in [-0.3, -0.25) is 4.79 Å². The molecule has 5 heteroatoms. The second-order valence-electron chi connectivity index (χ2n) is 12.1. The van der Waals surface area contributed by atoms with Crippen molar-refractivity contribution in [3.8, 4) is 0 Å². The molecule has 4 aliphatic carbocycles. The number of aliphatic hydroxyl groups is 1. The van der Waals surface area contributed by atoms with Crippen molar-refractivity contribution in [3.05, 3.63) is 34.3 Å². The zero-order valence-electron chi connectivity index (χ0n) is 20.1. The Labute approximate surface area is 198 Å². The van der Waals surface area contributed by atoms with Crippen LogP contribution in [0.5, 0.6) is 0 Å². The minimum absolute atomic E-state index is 0.0248. The molecule has 32 heavy (non-hydrogen) atoms. The molecule has 0 spiro atoms. The van der Waals surface area contributed by atoms with Gasteiger partial charge in [0, 0.05) is 12.6 Å². The van der Waals surface area contributed by atoms with Crippen LogP contribution in [-0.4, -0.2) is 36.8 Å². The van der Waals surface area contributed by atoms with E-state index in [2.05, 4.69) is 31.4 Å². The lowest BCUT2D eigenvalue weighted by Gasteiger charge is -2.56. The van der Waals surface area contributed by atoms with Crippen molar-refractivity contribution in [2.75, 3.05) is 19.7 Å². The van der Waals surface area contributed by atoms with Crippen LogP contribution in [0, 0.1) is 28.6 Å². The van der Waals surface area contributed by atoms with Gasteiger partial charge in [-0.15, -0.1) is 0 Å². The van der Waals surface area contributed by atoms with Crippen molar-refractivity contribution in [2.24, 2.45) is 28.6 Å². The fourth-order valence-corrected chi connectivity index (χ4v) is 7.19. The van der Waals surface area contributed by atoms with Crippen molar-refractivity contribution in [1.82, 2.24) is 10.6 Å². The van der Waals surface area contributed by atoms with Crippen LogP contribution in [0.25, 0.3) is 0 Å². The van der Waals surface area contributed by atoms with E-state index in [1.807, 2.05) is 18.2 Å². The highest BCUT2D eigenvalue weighted by molar-refractivity contribution is 6.33. The molecule has 0 aromatic heterocycles. The predicted molar refractivity (Wildman–Crippen MR) is 131 cm³/mol. The van der Waals surface area contributed by atoms with Gasteiger partial charge in [-0.05, 0) is 104 Å². The molecule has 4 saturated carbocycles. The summed E-state index contributed by atoms with van der Waals surface area (Å²) in [5.41, 5.74) is 2.09. The number of rotatable bonds is 9. The number of hydrogen-bond acceptors (Lipinski definition) is 3. The highest BCUT2D eigenvalue weighted by Gasteiger charge is 2.50. The molecule has 5 rings (SSSR count). The summed E-state index contributed by atoms with van der Waals surface area (Å²) in [6.07, 6.45) is 9.97. The summed E-state index contributed by atoms with van der Waals surface area (Å²) >= 11 is 6.42. The maximum absolute atomic E-state index is 13.0. The first kappa shape index (κ1) is 24.0. The molecule has 4 nitrogen and oxygen atoms in total. The van der Waals surface area contributed by atoms with E-state index in [-0.39, 0.29) is 24.0 Å². The fourth-order valence-electron chi connectivity index (χ4n) is 6.98. The van der Waals surface area contributed by atoms with E-state index in [4.69, 9.17) is 11.6 Å². The van der Waals surface area contributed by atoms with Gasteiger partial charge in [0.2, 0.25) is 0 Å². The third-order valence-electron chi connectivity index (χ3n) is 8.33. The number of benzene rings is 1. The van der Waals surface area contributed by atoms with Crippen LogP contribution >= 0.6 is 11.6 Å². The Hall–Kier alpha value is -1.10. The van der Waals surface area contributed by atoms with Crippen LogP contribution in [0.3, 0.4) is 0 Å². The van der Waals surface area contributed by atoms with Gasteiger partial charge in [0.25, 0.3) is 5.91 Å². The maximum Gasteiger partial charge on any atom is 0.252 e. The number of nitrogens with one attached hydrogen (secondary N) is 2. The van der Waals surface area contributed by atoms with Crippen molar-refractivity contribution in [2.45, 2.75) is 78.2 Å². The third-order valence-corrected chi connectivity index (χ3v) is 8.65. The van der Waals surface area contributed by atoms with Gasteiger partial charge in [-0.1, -0.05) is 38.4 Å². The van der Waals surface area contributed by atoms with Crippen molar-refractivity contribution in [1.29, 1.82) is 0 Å². The first-order valence-corrected chi connectivity index (χ1v) is 13.0. The topological polar surface area (TPSA) is 61.4 Å². The zero-order valence-corrected chi connectivity index (χ0v) is 20.8. The molecular weight excluding hydrogens is 420 g/mol. The number of carbonyl (C=O) groups excluding carboxylic acids is 1. The fraction of sp³-hybridized carbons (Fsp3) is 0.741. The summed E-state index contributed by atoms with van der Waals surface area (Å²) in [4.78, 5) is 13.0. The minimum atomic E-state index is -0.0289. The summed E-state index contributed by atoms with van der Waals surface area (Å²) in [5, 5.41) is 16.9. The second-order valence-corrected chi connectivity index (χ2v) is 12.5. The zero-order chi connectivity index (χ0) is 22.9. The van der Waals surface area contributed by atoms with E-state index in [9.17, 15) is 9.90 Å². The standard InChI is InChI=1S/C27H41ClN2O2/c1-26(2,3)24(16-31)29-8-4-5-18-6-7-23(28)22(12-18)25(32)30-17-27-13-19-9-20(14-27)11-21(10-19)15-27/h6-7,12,19-21,24,29,31H,4-5,8-11,13-17H2,1-3H3,(H,30,32). The average Bonchev–Trinajstić information content (AvgIpc) is 2.71. The monoisotopic (exact) mass is 460 g/mol. The van der Waals surface area contributed by atoms with E-state index in [1.165, 1.54) is 38.5 Å². The summed E-state index contributed by atoms with van der Waals surface area (Å²) in [6, 6.07) is 5.92. The number of aliphatic hydroxyl groups excluding tert-OH is 1. The lowest BCUT2D eigenvalue weighted by Crippen LogP contribution is -2.51. The highest BCUT2D eigenvalue weighted by atomic mass is 35.5. The Balaban J connectivity index is 1.30. The quantitative estimate of drug-likeness (QED) is 0.443. The van der Waals surface area contributed by atoms with Gasteiger partial charge in [0.15, 0.2) is 0 Å². The molecule has 1 atom stereocenters. The van der Waals surface area contributed by atoms with Gasteiger partial charge >= 0.3 is 0 Å². The largest absolute Gasteiger partial charge is 0.395 e. The smallest absolute Gasteiger partial charge is 0.252 e. The molecule has 1 aromatic rings. The van der Waals surface area contributed by atoms with E-state index < -0.39 is 0 Å². The van der Waals surface area contributed by atoms with Gasteiger partial charge in [-0.25, -0.2) is 0 Å². The molecular formula is C27H41ClN2O2. The first-order valence-electron chi connectivity index (χ1n) is 12.6. The molecule has 3 N–H and O–H groups in total. The van der Waals surface area contributed by atoms with Crippen LogP contribution in [0.2, 0.25) is 5.02 Å². The Morgan fingerprint density at radius 2 is 1.78 bits per heavy atom. The lowest BCUT2D eigenvalue weighted by molar-refractivity contribution is -0.0503. The predicted octanol–water partition coefficient (Wildman–Crippen LogP) is 5.22. The third kappa shape index (κ3) is 5.51. The maximum atomic E-state index is 13.0. The molecule has 0 saturated heterocycles. The Kier molecular flexibility index (Phi) is 7.24. The van der Waals surface area contributed by atoms with Crippen molar-refractivity contribution in [3.63, 3.8) is 0 Å². The van der Waals surface area contributed by atoms with Gasteiger partial charge < -0.3 is 15.7 Å². The normalized spacial score (nSPS) is 29.8. The summed E-state index contributed by atoms with van der Waals surface area (Å²) in [5.74, 6) is 2.64. The van der Waals surface area contributed by atoms with E-state index in [0.29, 0.717) is 16.0 Å². The molecule has 0 radical (unpaired) electrons. The highest BCUT2D eigenvalue weighted by Crippen LogP contribution is 2.59. The SMILES string of the molecule is CC(C)(C)C(CO)NCCCc1ccc(Cl)c(C(=O)NCC23CC4CC(CC(C4)C2)C3)c1. The number of halogens is 1. The van der Waals surface area contributed by atoms with Crippen LogP contribution in [0.1, 0.15) is 81.6 Å². The van der Waals surface area contributed by atoms with Crippen molar-refractivity contribution < 1.29 is 9.90 Å². The number of hydrogen-bond donors (Lipinski definition) is 3. The minimum Gasteiger partial charge on any atom is -0.395 e. The molecule has 0 heterocycles. The number of aryl methyl sites for hydroxylation is 1. The Morgan fingerprint density at radius 3 is 2.34 bits per heavy atom. The molecule has 1 aromatic carbocycles. The lowest BCUT2D eigenvalue weighted by atomic mass is 9.49. The summed E-state index contributed by atoms with van der Waals surface area (Å²) in [7, 11) is 0. The Morgan fingerprint density at radius 1 is 1.16 bits per heavy atom.